The van der Waals surface area contributed by atoms with Crippen LogP contribution in [0.2, 0.25) is 0 Å². The highest BCUT2D eigenvalue weighted by Crippen LogP contribution is 2.61. The molecule has 10 aromatic carbocycles. The largest absolute Gasteiger partial charge is 0.0619 e. The van der Waals surface area contributed by atoms with Gasteiger partial charge in [0.2, 0.25) is 0 Å². The van der Waals surface area contributed by atoms with Gasteiger partial charge in [-0.25, -0.2) is 0 Å². The van der Waals surface area contributed by atoms with E-state index in [1.54, 1.807) is 0 Å². The zero-order valence-electron chi connectivity index (χ0n) is 37.8. The highest BCUT2D eigenvalue weighted by atomic mass is 14.4. The first-order valence-corrected chi connectivity index (χ1v) is 23.4. The van der Waals surface area contributed by atoms with Crippen molar-refractivity contribution in [2.75, 3.05) is 0 Å². The lowest BCUT2D eigenvalue weighted by Crippen LogP contribution is -2.15. The van der Waals surface area contributed by atoms with Crippen molar-refractivity contribution in [1.82, 2.24) is 0 Å². The van der Waals surface area contributed by atoms with Crippen molar-refractivity contribution in [3.63, 3.8) is 0 Å². The third-order valence-corrected chi connectivity index (χ3v) is 16.4. The molecule has 0 aliphatic heterocycles. The maximum atomic E-state index is 2.56. The predicted molar refractivity (Wildman–Crippen MR) is 275 cm³/mol. The van der Waals surface area contributed by atoms with Gasteiger partial charge in [-0.05, 0) is 162 Å². The third kappa shape index (κ3) is 4.67. The summed E-state index contributed by atoms with van der Waals surface area (Å²) in [5.74, 6) is 0. The fraction of sp³-hybridized carbons (Fsp3) is 0.138. The van der Waals surface area contributed by atoms with Gasteiger partial charge < -0.3 is 0 Å². The molecule has 0 fully saturated rings. The molecule has 4 aliphatic rings. The molecule has 0 amide bonds. The highest BCUT2D eigenvalue weighted by Gasteiger charge is 2.40. The topological polar surface area (TPSA) is 0 Å². The Kier molecular flexibility index (Phi) is 7.14. The first kappa shape index (κ1) is 37.1. The molecular formula is C65H48. The fourth-order valence-corrected chi connectivity index (χ4v) is 13.3. The fourth-order valence-electron chi connectivity index (χ4n) is 13.3. The summed E-state index contributed by atoms with van der Waals surface area (Å²) in [5, 5.41) is 5.24. The van der Waals surface area contributed by atoms with Crippen LogP contribution in [-0.2, 0) is 16.2 Å². The van der Waals surface area contributed by atoms with Gasteiger partial charge in [0.15, 0.2) is 0 Å². The van der Waals surface area contributed by atoms with E-state index in [9.17, 15) is 0 Å². The van der Waals surface area contributed by atoms with E-state index in [1.807, 2.05) is 0 Å². The third-order valence-electron chi connectivity index (χ3n) is 16.4. The molecule has 0 heterocycles. The average Bonchev–Trinajstić information content (AvgIpc) is 3.95. The molecule has 0 bridgehead atoms. The molecule has 0 saturated heterocycles. The van der Waals surface area contributed by atoms with Crippen molar-refractivity contribution in [1.29, 1.82) is 0 Å². The van der Waals surface area contributed by atoms with Crippen LogP contribution < -0.4 is 0 Å². The van der Waals surface area contributed by atoms with Crippen LogP contribution in [0.25, 0.3) is 111 Å². The predicted octanol–water partition coefficient (Wildman–Crippen LogP) is 17.6. The van der Waals surface area contributed by atoms with Gasteiger partial charge in [0.1, 0.15) is 0 Å². The van der Waals surface area contributed by atoms with Crippen molar-refractivity contribution in [2.45, 2.75) is 57.8 Å². The smallest absolute Gasteiger partial charge is 0.0159 e. The summed E-state index contributed by atoms with van der Waals surface area (Å²) in [6, 6.07) is 70.2. The zero-order chi connectivity index (χ0) is 43.7. The van der Waals surface area contributed by atoms with Gasteiger partial charge in [0.25, 0.3) is 0 Å². The maximum absolute atomic E-state index is 2.56. The molecule has 65 heavy (non-hydrogen) atoms. The molecule has 14 rings (SSSR count). The van der Waals surface area contributed by atoms with Crippen LogP contribution in [0.4, 0.5) is 0 Å². The monoisotopic (exact) mass is 828 g/mol. The molecule has 10 aromatic rings. The summed E-state index contributed by atoms with van der Waals surface area (Å²) < 4.78 is 0. The van der Waals surface area contributed by atoms with E-state index >= 15 is 0 Å². The van der Waals surface area contributed by atoms with Gasteiger partial charge in [-0.3, -0.25) is 0 Å². The van der Waals surface area contributed by atoms with E-state index in [1.165, 1.54) is 144 Å². The molecule has 0 atom stereocenters. The molecular weight excluding hydrogens is 781 g/mol. The minimum atomic E-state index is -0.137. The number of hydrogen-bond donors (Lipinski definition) is 0. The SMILES string of the molecule is CC1(C)c2ccccc2-c2ccc(-c3c4c(c(-c5ccc6c(c5)C(C)(C)c5ccccc5-6)c5c(-c6ccc7c(c6)C(C)(C)c6ccccc6-7)cccc35)-c3cccc5cccc-4c35)cc21. The molecule has 0 spiro atoms. The summed E-state index contributed by atoms with van der Waals surface area (Å²) in [6.45, 7) is 14.4. The summed E-state index contributed by atoms with van der Waals surface area (Å²) in [5.41, 5.74) is 29.2. The molecule has 0 radical (unpaired) electrons. The Hall–Kier alpha value is -7.28. The number of fused-ring (bicyclic) bond motifs is 13. The number of benzene rings is 10. The van der Waals surface area contributed by atoms with E-state index < -0.39 is 0 Å². The number of rotatable bonds is 3. The van der Waals surface area contributed by atoms with Crippen molar-refractivity contribution in [2.24, 2.45) is 0 Å². The van der Waals surface area contributed by atoms with Gasteiger partial charge in [0.05, 0.1) is 0 Å². The Morgan fingerprint density at radius 2 is 0.615 bits per heavy atom. The number of hydrogen-bond acceptors (Lipinski definition) is 0. The lowest BCUT2D eigenvalue weighted by molar-refractivity contribution is 0.660. The highest BCUT2D eigenvalue weighted by molar-refractivity contribution is 6.29. The van der Waals surface area contributed by atoms with E-state index in [2.05, 4.69) is 224 Å². The van der Waals surface area contributed by atoms with Crippen LogP contribution in [0, 0.1) is 0 Å². The molecule has 0 heteroatoms. The second-order valence-electron chi connectivity index (χ2n) is 20.7. The van der Waals surface area contributed by atoms with Crippen LogP contribution in [0.1, 0.15) is 74.9 Å². The summed E-state index contributed by atoms with van der Waals surface area (Å²) in [4.78, 5) is 0. The molecule has 4 aliphatic carbocycles. The van der Waals surface area contributed by atoms with Crippen LogP contribution >= 0.6 is 0 Å². The summed E-state index contributed by atoms with van der Waals surface area (Å²) >= 11 is 0. The standard InChI is InChI=1S/C65H48/c1-63(2)51-25-10-7-18-42(51)45-31-28-38(34-54(45)63)41-21-15-24-50-58(39-29-32-46-43-19-8-11-26-52(43)64(3,4)55(46)35-39)61-48-22-13-16-37-17-14-23-49(57(37)48)62(61)59(60(41)50)40-30-33-47-44-20-9-12-27-53(44)65(5,6)56(47)36-40/h7-36H,1-6H3. The lowest BCUT2D eigenvalue weighted by atomic mass is 9.77. The summed E-state index contributed by atoms with van der Waals surface area (Å²) in [6.07, 6.45) is 0. The van der Waals surface area contributed by atoms with Gasteiger partial charge in [-0.1, -0.05) is 205 Å². The van der Waals surface area contributed by atoms with E-state index in [0.717, 1.165) is 0 Å². The lowest BCUT2D eigenvalue weighted by Gasteiger charge is -2.26. The normalized spacial score (nSPS) is 15.6. The first-order valence-electron chi connectivity index (χ1n) is 23.4. The maximum Gasteiger partial charge on any atom is 0.0159 e. The Morgan fingerprint density at radius 1 is 0.246 bits per heavy atom. The van der Waals surface area contributed by atoms with E-state index in [0.29, 0.717) is 0 Å². The Bertz CT molecular complexity index is 3780. The van der Waals surface area contributed by atoms with Crippen molar-refractivity contribution in [3.05, 3.63) is 215 Å². The first-order chi connectivity index (χ1) is 31.5. The van der Waals surface area contributed by atoms with Crippen LogP contribution in [-0.4, -0.2) is 0 Å². The molecule has 0 N–H and O–H groups in total. The molecule has 308 valence electrons. The second kappa shape index (κ2) is 12.5. The Labute approximate surface area is 381 Å². The molecule has 0 nitrogen and oxygen atoms in total. The molecule has 0 saturated carbocycles. The minimum Gasteiger partial charge on any atom is -0.0619 e. The Morgan fingerprint density at radius 3 is 1.12 bits per heavy atom. The van der Waals surface area contributed by atoms with Gasteiger partial charge in [-0.15, -0.1) is 0 Å². The van der Waals surface area contributed by atoms with Crippen molar-refractivity contribution in [3.8, 4) is 89.0 Å². The molecule has 0 aromatic heterocycles. The average molecular weight is 829 g/mol. The Balaban J connectivity index is 1.13. The van der Waals surface area contributed by atoms with Crippen LogP contribution in [0.5, 0.6) is 0 Å². The van der Waals surface area contributed by atoms with Crippen molar-refractivity contribution >= 4 is 21.5 Å². The van der Waals surface area contributed by atoms with E-state index in [-0.39, 0.29) is 16.2 Å². The quantitative estimate of drug-likeness (QED) is 0.166. The van der Waals surface area contributed by atoms with Gasteiger partial charge >= 0.3 is 0 Å². The van der Waals surface area contributed by atoms with E-state index in [4.69, 9.17) is 0 Å². The zero-order valence-corrected chi connectivity index (χ0v) is 37.8. The van der Waals surface area contributed by atoms with Gasteiger partial charge in [-0.2, -0.15) is 0 Å². The summed E-state index contributed by atoms with van der Waals surface area (Å²) in [7, 11) is 0. The van der Waals surface area contributed by atoms with Crippen LogP contribution in [0.15, 0.2) is 182 Å². The minimum absolute atomic E-state index is 0.117. The van der Waals surface area contributed by atoms with Crippen LogP contribution in [0.3, 0.4) is 0 Å². The van der Waals surface area contributed by atoms with Gasteiger partial charge in [0, 0.05) is 16.2 Å². The van der Waals surface area contributed by atoms with Crippen molar-refractivity contribution < 1.29 is 0 Å². The molecule has 0 unspecified atom stereocenters. The second-order valence-corrected chi connectivity index (χ2v) is 20.7.